The Morgan fingerprint density at radius 1 is 1.33 bits per heavy atom. The van der Waals surface area contributed by atoms with Crippen LogP contribution in [0, 0.1) is 0 Å². The minimum Gasteiger partial charge on any atom is -0.872 e. The summed E-state index contributed by atoms with van der Waals surface area (Å²) in [5.74, 6) is -0.289. The third-order valence-corrected chi connectivity index (χ3v) is 2.44. The Bertz CT molecular complexity index is 364. The summed E-state index contributed by atoms with van der Waals surface area (Å²) in [5, 5.41) is 11.7. The zero-order valence-electron chi connectivity index (χ0n) is 9.64. The van der Waals surface area contributed by atoms with Gasteiger partial charge in [-0.15, -0.1) is 0 Å². The van der Waals surface area contributed by atoms with Crippen LogP contribution >= 0.6 is 0 Å². The Kier molecular flexibility index (Phi) is 5.09. The topological polar surface area (TPSA) is 49.4 Å². The summed E-state index contributed by atoms with van der Waals surface area (Å²) in [5.41, 5.74) is 1.62. The molecule has 0 aromatic rings. The van der Waals surface area contributed by atoms with Crippen molar-refractivity contribution in [1.82, 2.24) is 0 Å². The molecule has 1 aliphatic carbocycles. The molecule has 0 radical (unpaired) electrons. The van der Waals surface area contributed by atoms with Gasteiger partial charge in [0, 0.05) is 12.7 Å². The largest absolute Gasteiger partial charge is 1.00 e. The molecule has 0 fully saturated rings. The first-order valence-electron chi connectivity index (χ1n) is 4.31. The van der Waals surface area contributed by atoms with Crippen LogP contribution in [0.1, 0.15) is 13.8 Å². The Morgan fingerprint density at radius 2 is 1.87 bits per heavy atom. The summed E-state index contributed by atoms with van der Waals surface area (Å²) in [6.45, 7) is 7.05. The number of allylic oxidation sites excluding steroid dienone is 2. The van der Waals surface area contributed by atoms with Crippen LogP contribution in [-0.4, -0.2) is 19.5 Å². The molecule has 1 rings (SSSR count). The minimum atomic E-state index is -0.158. The van der Waals surface area contributed by atoms with Crippen LogP contribution < -0.4 is 24.0 Å². The summed E-state index contributed by atoms with van der Waals surface area (Å²) in [6.07, 6.45) is 0. The molecular weight excluding hydrogens is 187 g/mol. The normalized spacial score (nSPS) is 17.0. The van der Waals surface area contributed by atoms with Crippen LogP contribution in [0.4, 0.5) is 0 Å². The molecule has 0 N–H and O–H groups in total. The van der Waals surface area contributed by atoms with Gasteiger partial charge in [-0.05, 0) is 25.0 Å². The second kappa shape index (κ2) is 5.36. The van der Waals surface area contributed by atoms with Gasteiger partial charge in [0.15, 0.2) is 5.78 Å². The van der Waals surface area contributed by atoms with Crippen molar-refractivity contribution < 1.29 is 33.5 Å². The molecule has 15 heavy (non-hydrogen) atoms. The van der Waals surface area contributed by atoms with Crippen LogP contribution in [-0.2, 0) is 9.53 Å². The van der Waals surface area contributed by atoms with E-state index >= 15 is 0 Å². The second-order valence-electron chi connectivity index (χ2n) is 3.30. The van der Waals surface area contributed by atoms with Gasteiger partial charge in [-0.3, -0.25) is 4.79 Å². The number of carbonyl (C=O) groups excluding carboxylic acids is 1. The van der Waals surface area contributed by atoms with Crippen molar-refractivity contribution in [1.29, 1.82) is 0 Å². The molecular formula is C11H13LiO3. The molecule has 0 unspecified atom stereocenters. The summed E-state index contributed by atoms with van der Waals surface area (Å²) in [4.78, 5) is 11.6. The molecule has 0 bridgehead atoms. The molecule has 76 valence electrons. The molecule has 3 nitrogen and oxygen atoms in total. The first kappa shape index (κ1) is 14.2. The predicted molar refractivity (Wildman–Crippen MR) is 51.4 cm³/mol. The van der Waals surface area contributed by atoms with E-state index in [-0.39, 0.29) is 42.6 Å². The summed E-state index contributed by atoms with van der Waals surface area (Å²) < 4.78 is 4.86. The summed E-state index contributed by atoms with van der Waals surface area (Å²) in [7, 11) is 1.48. The van der Waals surface area contributed by atoms with Gasteiger partial charge in [0.25, 0.3) is 0 Å². The molecule has 0 heterocycles. The third kappa shape index (κ3) is 2.43. The smallest absolute Gasteiger partial charge is 0.872 e. The molecule has 4 heteroatoms. The van der Waals surface area contributed by atoms with Crippen molar-refractivity contribution >= 4 is 5.78 Å². The van der Waals surface area contributed by atoms with Gasteiger partial charge in [0.2, 0.25) is 0 Å². The molecule has 0 saturated carbocycles. The number of ether oxygens (including phenoxy) is 1. The van der Waals surface area contributed by atoms with Crippen LogP contribution in [0.5, 0.6) is 0 Å². The van der Waals surface area contributed by atoms with E-state index in [1.165, 1.54) is 7.11 Å². The van der Waals surface area contributed by atoms with E-state index in [4.69, 9.17) is 4.74 Å². The standard InChI is InChI=1S/C11H14O3.Li/c1-6-7(2)11(13)9(5-14-4)8(3)10(6)12;/h13H,3,5H2,1-2,4H3;/q;+1/p-1. The van der Waals surface area contributed by atoms with Crippen molar-refractivity contribution in [2.45, 2.75) is 13.8 Å². The van der Waals surface area contributed by atoms with Gasteiger partial charge >= 0.3 is 18.9 Å². The molecule has 0 spiro atoms. The predicted octanol–water partition coefficient (Wildman–Crippen LogP) is -2.27. The van der Waals surface area contributed by atoms with Gasteiger partial charge in [0.05, 0.1) is 6.61 Å². The first-order chi connectivity index (χ1) is 6.50. The Morgan fingerprint density at radius 3 is 2.33 bits per heavy atom. The second-order valence-corrected chi connectivity index (χ2v) is 3.30. The van der Waals surface area contributed by atoms with E-state index < -0.39 is 0 Å². The number of methoxy groups -OCH3 is 1. The van der Waals surface area contributed by atoms with E-state index in [1.54, 1.807) is 13.8 Å². The average Bonchev–Trinajstić information content (AvgIpc) is 2.19. The number of hydrogen-bond donors (Lipinski definition) is 0. The van der Waals surface area contributed by atoms with Gasteiger partial charge in [0.1, 0.15) is 0 Å². The molecule has 0 saturated heterocycles. The van der Waals surface area contributed by atoms with E-state index in [0.29, 0.717) is 16.7 Å². The Hall–Kier alpha value is -0.753. The van der Waals surface area contributed by atoms with Crippen molar-refractivity contribution in [2.24, 2.45) is 0 Å². The van der Waals surface area contributed by atoms with E-state index in [1.807, 2.05) is 0 Å². The number of Topliss-reactive ketones (excluding diaryl/α,β-unsaturated/α-hetero) is 1. The van der Waals surface area contributed by atoms with E-state index in [0.717, 1.165) is 0 Å². The number of carbonyl (C=O) groups is 1. The maximum absolute atomic E-state index is 11.7. The van der Waals surface area contributed by atoms with Gasteiger partial charge in [-0.25, -0.2) is 0 Å². The Balaban J connectivity index is 0.00000196. The fourth-order valence-electron chi connectivity index (χ4n) is 1.36. The zero-order valence-corrected chi connectivity index (χ0v) is 9.64. The summed E-state index contributed by atoms with van der Waals surface area (Å²) >= 11 is 0. The fraction of sp³-hybridized carbons (Fsp3) is 0.364. The number of rotatable bonds is 2. The van der Waals surface area contributed by atoms with Crippen molar-refractivity contribution in [3.05, 3.63) is 34.6 Å². The van der Waals surface area contributed by atoms with Crippen LogP contribution in [0.3, 0.4) is 0 Å². The SMILES string of the molecule is C=C1C(=O)C(C)=C(C)C([O-])=C1COC.[Li+]. The van der Waals surface area contributed by atoms with Gasteiger partial charge in [-0.1, -0.05) is 17.9 Å². The van der Waals surface area contributed by atoms with Crippen LogP contribution in [0.15, 0.2) is 34.6 Å². The molecule has 1 aliphatic rings. The fourth-order valence-corrected chi connectivity index (χ4v) is 1.36. The van der Waals surface area contributed by atoms with Crippen LogP contribution in [0.2, 0.25) is 0 Å². The minimum absolute atomic E-state index is 0. The third-order valence-electron chi connectivity index (χ3n) is 2.44. The van der Waals surface area contributed by atoms with Crippen molar-refractivity contribution in [2.75, 3.05) is 13.7 Å². The molecule has 0 amide bonds. The average molecular weight is 200 g/mol. The van der Waals surface area contributed by atoms with Gasteiger partial charge < -0.3 is 9.84 Å². The van der Waals surface area contributed by atoms with Gasteiger partial charge in [-0.2, -0.15) is 0 Å². The van der Waals surface area contributed by atoms with E-state index in [2.05, 4.69) is 6.58 Å². The quantitative estimate of drug-likeness (QED) is 0.373. The van der Waals surface area contributed by atoms with Crippen molar-refractivity contribution in [3.8, 4) is 0 Å². The van der Waals surface area contributed by atoms with Crippen molar-refractivity contribution in [3.63, 3.8) is 0 Å². The maximum Gasteiger partial charge on any atom is 1.00 e. The molecule has 0 aromatic heterocycles. The number of hydrogen-bond acceptors (Lipinski definition) is 3. The number of ketones is 1. The van der Waals surface area contributed by atoms with E-state index in [9.17, 15) is 9.90 Å². The molecule has 0 atom stereocenters. The molecule has 0 aromatic carbocycles. The Labute approximate surface area is 102 Å². The van der Waals surface area contributed by atoms with Crippen LogP contribution in [0.25, 0.3) is 0 Å². The zero-order chi connectivity index (χ0) is 10.9. The monoisotopic (exact) mass is 200 g/mol. The first-order valence-corrected chi connectivity index (χ1v) is 4.31. The maximum atomic E-state index is 11.7. The molecule has 0 aliphatic heterocycles. The summed E-state index contributed by atoms with van der Waals surface area (Å²) in [6, 6.07) is 0.